The summed E-state index contributed by atoms with van der Waals surface area (Å²) in [6, 6.07) is 93.8. The number of nitro groups is 2. The average molecular weight is 1480 g/mol. The number of nitrogens with zero attached hydrogens (tertiary/aromatic N) is 8. The second-order valence-corrected chi connectivity index (χ2v) is 26.6. The Balaban J connectivity index is 0.000000125. The zero-order valence-electron chi connectivity index (χ0n) is 57.7. The molecule has 10 heterocycles. The summed E-state index contributed by atoms with van der Waals surface area (Å²) in [5.74, 6) is 8.61. The number of rotatable bonds is 10. The van der Waals surface area contributed by atoms with Crippen LogP contribution in [0.15, 0.2) is 322 Å². The van der Waals surface area contributed by atoms with Crippen LogP contribution in [0.2, 0.25) is 0 Å². The summed E-state index contributed by atoms with van der Waals surface area (Å²) >= 11 is 0. The van der Waals surface area contributed by atoms with Crippen LogP contribution in [0.25, 0.3) is 144 Å². The highest BCUT2D eigenvalue weighted by atomic mass is 36.5. The molecule has 0 aliphatic heterocycles. The van der Waals surface area contributed by atoms with Crippen LogP contribution in [0.1, 0.15) is 1.43 Å². The number of fused-ring (bicyclic) bond motifs is 12. The minimum absolute atomic E-state index is 0. The highest BCUT2D eigenvalue weighted by molar-refractivity contribution is 7.79. The number of nitrogens with one attached hydrogen (secondary N) is 4. The maximum absolute atomic E-state index is 11.4. The molecule has 0 saturated carbocycles. The molecule has 0 atom stereocenters. The summed E-state index contributed by atoms with van der Waals surface area (Å²) in [5, 5.41) is 36.4. The molecule has 19 rings (SSSR count). The van der Waals surface area contributed by atoms with Crippen molar-refractivity contribution < 1.29 is 11.3 Å². The number of nitro benzene ring substituents is 2. The molecule has 0 radical (unpaired) electrons. The number of hydrogen-bond donors (Lipinski definition) is 4. The van der Waals surface area contributed by atoms with E-state index < -0.39 is 17.8 Å². The number of halogens is 2. The first-order chi connectivity index (χ1) is 53.7. The van der Waals surface area contributed by atoms with E-state index in [2.05, 4.69) is 283 Å². The van der Waals surface area contributed by atoms with Crippen LogP contribution in [0, 0.1) is 56.8 Å². The summed E-state index contributed by atoms with van der Waals surface area (Å²) in [5.41, 5.74) is 15.4. The van der Waals surface area contributed by atoms with E-state index in [9.17, 15) is 20.2 Å². The molecule has 16 nitrogen and oxygen atoms in total. The van der Waals surface area contributed by atoms with Gasteiger partial charge in [0.15, 0.2) is 0 Å². The summed E-state index contributed by atoms with van der Waals surface area (Å²) in [6.45, 7) is 0. The third-order valence-electron chi connectivity index (χ3n) is 18.0. The number of aromatic amines is 4. The van der Waals surface area contributed by atoms with E-state index in [-0.39, 0.29) is 12.8 Å². The van der Waals surface area contributed by atoms with Gasteiger partial charge in [0.1, 0.15) is 5.69 Å². The third-order valence-corrected chi connectivity index (χ3v) is 20.4. The van der Waals surface area contributed by atoms with Gasteiger partial charge in [-0.05, 0) is 144 Å². The Kier molecular flexibility index (Phi) is 22.0. The van der Waals surface area contributed by atoms with Gasteiger partial charge in [-0.3, -0.25) is 50.1 Å². The zero-order chi connectivity index (χ0) is 75.0. The van der Waals surface area contributed by atoms with Crippen LogP contribution in [0.3, 0.4) is 0 Å². The molecule has 0 bridgehead atoms. The van der Waals surface area contributed by atoms with Crippen molar-refractivity contribution in [2.45, 2.75) is 0 Å². The average Bonchev–Trinajstić information content (AvgIpc) is 1.62. The number of pyridine rings is 6. The second kappa shape index (κ2) is 33.6. The molecule has 4 N–H and O–H groups in total. The van der Waals surface area contributed by atoms with Crippen LogP contribution < -0.4 is 15.9 Å². The fourth-order valence-electron chi connectivity index (χ4n) is 13.1. The Labute approximate surface area is 636 Å². The van der Waals surface area contributed by atoms with Crippen molar-refractivity contribution in [1.29, 1.82) is 0 Å². The van der Waals surface area contributed by atoms with Gasteiger partial charge >= 0.3 is 0 Å². The quantitative estimate of drug-likeness (QED) is 0.0438. The van der Waals surface area contributed by atoms with Gasteiger partial charge in [-0.15, -0.1) is 12.8 Å². The third kappa shape index (κ3) is 15.7. The molecular formula is C90H61Cl2N12O4P. The fraction of sp³-hybridized carbons (Fsp3) is 0. The van der Waals surface area contributed by atoms with Crippen LogP contribution in [-0.2, 0) is 0 Å². The first kappa shape index (κ1) is 71.6. The Hall–Kier alpha value is -14.4. The summed E-state index contributed by atoms with van der Waals surface area (Å²) in [6.07, 6.45) is 20.0. The standard InChI is InChI=1S/C22H14N4O4.2C22H14N4.C18H15P.C6H2.Cl2.H2/c27-25(28)21-7-3-1-5-17(21)15-9-11-23-19(13-15)20-14-16(10-12-24-20)18-6-2-4-8-22(18)26(29)30;1-4-8-18-13(5-1)15-9-10-23-22(21(15)26-18)19-11-16-14-6-2-3-7-17(14)25-20(16)12-24-19;1-3-7-17-13(5-1)15-9-19(23-11-21(15)25-17)20-10-16-14-6-2-4-8-18(14)26-22(16)12-24-20;1-4-10-16(11-5-1)19(17-12-6-2-7-13-17)18-14-8-3-9-15-18;1-3-5-6-4-2;1-2;/h1-14H;2*1-12,25-26H;1-15H;1-2H;;1H. The van der Waals surface area contributed by atoms with E-state index in [1.165, 1.54) is 71.1 Å². The summed E-state index contributed by atoms with van der Waals surface area (Å²) in [4.78, 5) is 62.9. The van der Waals surface area contributed by atoms with Gasteiger partial charge in [0.05, 0.1) is 90.1 Å². The molecule has 0 amide bonds. The van der Waals surface area contributed by atoms with Crippen molar-refractivity contribution in [2.75, 3.05) is 0 Å². The van der Waals surface area contributed by atoms with Crippen molar-refractivity contribution in [3.63, 3.8) is 0 Å². The SMILES string of the molecule is C#CC#CC#C.ClCl.O=[N+]([O-])c1ccccc1-c1ccnc(-c2cc(-c3ccccc3[N+](=O)[O-])ccn2)c1.[HH].c1ccc(P(c2ccccc2)c2ccccc2)cc1.c1ccc2c(c1)[nH]c1cnc(-c3cc4c(cn3)[nH]c3ccccc34)cc12.c1ccc2c(c1)[nH]c1cnc(-c3nccc4c3[nH]c3ccccc34)cc12. The van der Waals surface area contributed by atoms with Crippen molar-refractivity contribution in [3.8, 4) is 92.9 Å². The van der Waals surface area contributed by atoms with Crippen molar-refractivity contribution in [3.05, 3.63) is 343 Å². The molecule has 0 spiro atoms. The highest BCUT2D eigenvalue weighted by Crippen LogP contribution is 2.38. The van der Waals surface area contributed by atoms with Gasteiger partial charge in [0, 0.05) is 119 Å². The predicted molar refractivity (Wildman–Crippen MR) is 448 cm³/mol. The van der Waals surface area contributed by atoms with Gasteiger partial charge in [-0.1, -0.05) is 188 Å². The minimum atomic E-state index is -0.446. The van der Waals surface area contributed by atoms with Gasteiger partial charge in [-0.25, -0.2) is 0 Å². The van der Waals surface area contributed by atoms with E-state index in [1.54, 1.807) is 73.1 Å². The molecule has 109 heavy (non-hydrogen) atoms. The van der Waals surface area contributed by atoms with E-state index in [4.69, 9.17) is 12.8 Å². The van der Waals surface area contributed by atoms with Crippen LogP contribution in [-0.4, -0.2) is 59.7 Å². The molecular weight excluding hydrogens is 1410 g/mol. The van der Waals surface area contributed by atoms with E-state index in [1.807, 2.05) is 49.1 Å². The molecule has 9 aromatic carbocycles. The van der Waals surface area contributed by atoms with Gasteiger partial charge < -0.3 is 19.9 Å². The second-order valence-electron chi connectivity index (χ2n) is 24.4. The van der Waals surface area contributed by atoms with Crippen LogP contribution in [0.4, 0.5) is 11.4 Å². The van der Waals surface area contributed by atoms with Gasteiger partial charge in [-0.2, -0.15) is 0 Å². The molecule has 0 unspecified atom stereocenters. The van der Waals surface area contributed by atoms with Crippen LogP contribution in [0.5, 0.6) is 0 Å². The molecule has 0 saturated heterocycles. The summed E-state index contributed by atoms with van der Waals surface area (Å²) < 4.78 is 0. The predicted octanol–water partition coefficient (Wildman–Crippen LogP) is 21.4. The zero-order valence-corrected chi connectivity index (χ0v) is 60.1. The highest BCUT2D eigenvalue weighted by Gasteiger charge is 2.20. The lowest BCUT2D eigenvalue weighted by Gasteiger charge is -2.18. The lowest BCUT2D eigenvalue weighted by molar-refractivity contribution is -0.384. The van der Waals surface area contributed by atoms with Crippen LogP contribution >= 0.6 is 29.6 Å². The van der Waals surface area contributed by atoms with Gasteiger partial charge in [0.2, 0.25) is 0 Å². The molecule has 0 fully saturated rings. The Morgan fingerprint density at radius 2 is 0.651 bits per heavy atom. The van der Waals surface area contributed by atoms with Gasteiger partial charge in [0.25, 0.3) is 11.4 Å². The fourth-order valence-corrected chi connectivity index (χ4v) is 15.4. The van der Waals surface area contributed by atoms with E-state index >= 15 is 0 Å². The van der Waals surface area contributed by atoms with Crippen molar-refractivity contribution in [2.24, 2.45) is 0 Å². The van der Waals surface area contributed by atoms with Crippen molar-refractivity contribution in [1.82, 2.24) is 49.8 Å². The Bertz CT molecular complexity index is 6350. The first-order valence-corrected chi connectivity index (χ1v) is 36.5. The Morgan fingerprint density at radius 1 is 0.330 bits per heavy atom. The molecule has 19 heteroatoms. The largest absolute Gasteiger partial charge is 0.353 e. The number of H-pyrrole nitrogens is 4. The summed E-state index contributed by atoms with van der Waals surface area (Å²) in [7, 11) is 7.78. The number of para-hydroxylation sites is 6. The topological polar surface area (TPSA) is 227 Å². The van der Waals surface area contributed by atoms with E-state index in [0.29, 0.717) is 33.6 Å². The molecule has 0 aliphatic rings. The minimum Gasteiger partial charge on any atom is -0.353 e. The lowest BCUT2D eigenvalue weighted by Crippen LogP contribution is -2.20. The number of hydrogen-bond acceptors (Lipinski definition) is 10. The smallest absolute Gasteiger partial charge is 0.277 e. The number of terminal acetylenes is 2. The first-order valence-electron chi connectivity index (χ1n) is 34.0. The maximum Gasteiger partial charge on any atom is 0.277 e. The Morgan fingerprint density at radius 3 is 1.05 bits per heavy atom. The number of benzene rings is 9. The number of aromatic nitrogens is 10. The van der Waals surface area contributed by atoms with E-state index in [0.717, 1.165) is 66.9 Å². The molecule has 10 aromatic heterocycles. The normalized spacial score (nSPS) is 10.6. The molecule has 524 valence electrons. The molecule has 0 aliphatic carbocycles. The molecule has 19 aromatic rings. The monoisotopic (exact) mass is 1470 g/mol. The maximum atomic E-state index is 11.4. The lowest BCUT2D eigenvalue weighted by atomic mass is 10.0. The van der Waals surface area contributed by atoms with Crippen molar-refractivity contribution >= 4 is 144 Å².